The van der Waals surface area contributed by atoms with Crippen LogP contribution in [-0.4, -0.2) is 30.3 Å². The fourth-order valence-corrected chi connectivity index (χ4v) is 2.23. The molecule has 0 radical (unpaired) electrons. The SMILES string of the molecule is Cc1cc(C(=O)O)ccc1NCCC1CCCO1. The van der Waals surface area contributed by atoms with E-state index in [2.05, 4.69) is 5.32 Å². The average molecular weight is 249 g/mol. The molecule has 0 aromatic heterocycles. The molecule has 0 aliphatic carbocycles. The molecular formula is C14H19NO3. The molecule has 1 saturated heterocycles. The van der Waals surface area contributed by atoms with Crippen molar-refractivity contribution in [3.05, 3.63) is 29.3 Å². The minimum atomic E-state index is -0.885. The maximum Gasteiger partial charge on any atom is 0.335 e. The lowest BCUT2D eigenvalue weighted by Crippen LogP contribution is -2.13. The first-order valence-electron chi connectivity index (χ1n) is 6.36. The summed E-state index contributed by atoms with van der Waals surface area (Å²) in [6.07, 6.45) is 3.70. The Morgan fingerprint density at radius 3 is 3.00 bits per heavy atom. The van der Waals surface area contributed by atoms with Gasteiger partial charge in [0, 0.05) is 18.8 Å². The van der Waals surface area contributed by atoms with E-state index < -0.39 is 5.97 Å². The zero-order chi connectivity index (χ0) is 13.0. The lowest BCUT2D eigenvalue weighted by atomic mass is 10.1. The second-order valence-corrected chi connectivity index (χ2v) is 4.69. The smallest absolute Gasteiger partial charge is 0.335 e. The van der Waals surface area contributed by atoms with E-state index in [-0.39, 0.29) is 0 Å². The Morgan fingerprint density at radius 1 is 1.56 bits per heavy atom. The number of nitrogens with one attached hydrogen (secondary N) is 1. The summed E-state index contributed by atoms with van der Waals surface area (Å²) in [7, 11) is 0. The van der Waals surface area contributed by atoms with E-state index in [1.54, 1.807) is 12.1 Å². The van der Waals surface area contributed by atoms with Crippen LogP contribution in [0, 0.1) is 6.92 Å². The number of carboxylic acid groups (broad SMARTS) is 1. The highest BCUT2D eigenvalue weighted by molar-refractivity contribution is 5.88. The molecule has 1 aliphatic heterocycles. The van der Waals surface area contributed by atoms with E-state index >= 15 is 0 Å². The first-order valence-corrected chi connectivity index (χ1v) is 6.36. The van der Waals surface area contributed by atoms with Crippen LogP contribution in [0.2, 0.25) is 0 Å². The second kappa shape index (κ2) is 5.87. The molecule has 0 saturated carbocycles. The van der Waals surface area contributed by atoms with Gasteiger partial charge in [-0.15, -0.1) is 0 Å². The molecule has 1 aliphatic rings. The van der Waals surface area contributed by atoms with E-state index in [4.69, 9.17) is 9.84 Å². The molecule has 4 heteroatoms. The summed E-state index contributed by atoms with van der Waals surface area (Å²) in [6.45, 7) is 3.66. The first kappa shape index (κ1) is 12.9. The molecule has 2 rings (SSSR count). The first-order chi connectivity index (χ1) is 8.66. The molecule has 1 aromatic carbocycles. The summed E-state index contributed by atoms with van der Waals surface area (Å²) in [5.41, 5.74) is 2.29. The molecule has 0 spiro atoms. The Morgan fingerprint density at radius 2 is 2.39 bits per heavy atom. The topological polar surface area (TPSA) is 58.6 Å². The fourth-order valence-electron chi connectivity index (χ4n) is 2.23. The fraction of sp³-hybridized carbons (Fsp3) is 0.500. The summed E-state index contributed by atoms with van der Waals surface area (Å²) in [6, 6.07) is 5.15. The Bertz CT molecular complexity index is 425. The summed E-state index contributed by atoms with van der Waals surface area (Å²) < 4.78 is 5.55. The lowest BCUT2D eigenvalue weighted by Gasteiger charge is -2.13. The molecule has 0 bridgehead atoms. The van der Waals surface area contributed by atoms with Crippen molar-refractivity contribution in [3.8, 4) is 0 Å². The van der Waals surface area contributed by atoms with Crippen LogP contribution in [0.4, 0.5) is 5.69 Å². The highest BCUT2D eigenvalue weighted by atomic mass is 16.5. The van der Waals surface area contributed by atoms with Crippen molar-refractivity contribution in [2.75, 3.05) is 18.5 Å². The lowest BCUT2D eigenvalue weighted by molar-refractivity contribution is 0.0697. The minimum Gasteiger partial charge on any atom is -0.478 e. The van der Waals surface area contributed by atoms with Crippen LogP contribution in [0.5, 0.6) is 0 Å². The summed E-state index contributed by atoms with van der Waals surface area (Å²) in [5.74, 6) is -0.885. The van der Waals surface area contributed by atoms with Gasteiger partial charge >= 0.3 is 5.97 Å². The summed E-state index contributed by atoms with van der Waals surface area (Å²) in [5, 5.41) is 12.2. The monoisotopic (exact) mass is 249 g/mol. The Labute approximate surface area is 107 Å². The second-order valence-electron chi connectivity index (χ2n) is 4.69. The number of benzene rings is 1. The van der Waals surface area contributed by atoms with Crippen molar-refractivity contribution in [2.24, 2.45) is 0 Å². The van der Waals surface area contributed by atoms with Gasteiger partial charge in [-0.1, -0.05) is 0 Å². The number of rotatable bonds is 5. The number of aromatic carboxylic acids is 1. The molecule has 1 atom stereocenters. The minimum absolute atomic E-state index is 0.331. The maximum atomic E-state index is 10.8. The van der Waals surface area contributed by atoms with Crippen LogP contribution in [0.1, 0.15) is 35.2 Å². The third kappa shape index (κ3) is 3.23. The summed E-state index contributed by atoms with van der Waals surface area (Å²) >= 11 is 0. The Hall–Kier alpha value is -1.55. The van der Waals surface area contributed by atoms with Crippen molar-refractivity contribution in [3.63, 3.8) is 0 Å². The zero-order valence-electron chi connectivity index (χ0n) is 10.6. The van der Waals surface area contributed by atoms with Gasteiger partial charge in [-0.25, -0.2) is 4.79 Å². The molecule has 18 heavy (non-hydrogen) atoms. The van der Waals surface area contributed by atoms with Gasteiger partial charge in [0.15, 0.2) is 0 Å². The molecule has 1 unspecified atom stereocenters. The normalized spacial score (nSPS) is 18.8. The van der Waals surface area contributed by atoms with Gasteiger partial charge in [0.2, 0.25) is 0 Å². The molecule has 0 amide bonds. The molecule has 1 aromatic rings. The number of carbonyl (C=O) groups is 1. The third-order valence-corrected chi connectivity index (χ3v) is 3.28. The van der Waals surface area contributed by atoms with E-state index in [1.165, 1.54) is 0 Å². The average Bonchev–Trinajstić information content (AvgIpc) is 2.84. The number of hydrogen-bond donors (Lipinski definition) is 2. The zero-order valence-corrected chi connectivity index (χ0v) is 10.6. The quantitative estimate of drug-likeness (QED) is 0.842. The molecule has 98 valence electrons. The number of hydrogen-bond acceptors (Lipinski definition) is 3. The number of anilines is 1. The van der Waals surface area contributed by atoms with Gasteiger partial charge in [0.05, 0.1) is 11.7 Å². The van der Waals surface area contributed by atoms with Crippen molar-refractivity contribution >= 4 is 11.7 Å². The molecule has 2 N–H and O–H groups in total. The number of carboxylic acids is 1. The molecule has 4 nitrogen and oxygen atoms in total. The predicted octanol–water partition coefficient (Wildman–Crippen LogP) is 2.67. The third-order valence-electron chi connectivity index (χ3n) is 3.28. The van der Waals surface area contributed by atoms with Crippen molar-refractivity contribution in [1.82, 2.24) is 0 Å². The standard InChI is InChI=1S/C14H19NO3/c1-10-9-11(14(16)17)4-5-13(10)15-7-6-12-3-2-8-18-12/h4-5,9,12,15H,2-3,6-8H2,1H3,(H,16,17). The van der Waals surface area contributed by atoms with E-state index in [0.717, 1.165) is 43.7 Å². The van der Waals surface area contributed by atoms with Crippen LogP contribution in [0.3, 0.4) is 0 Å². The highest BCUT2D eigenvalue weighted by Gasteiger charge is 2.14. The van der Waals surface area contributed by atoms with Gasteiger partial charge in [0.25, 0.3) is 0 Å². The van der Waals surface area contributed by atoms with E-state index in [9.17, 15) is 4.79 Å². The largest absolute Gasteiger partial charge is 0.478 e. The Balaban J connectivity index is 1.87. The number of ether oxygens (including phenoxy) is 1. The molecule has 1 fully saturated rings. The number of aryl methyl sites for hydroxylation is 1. The van der Waals surface area contributed by atoms with Crippen LogP contribution >= 0.6 is 0 Å². The van der Waals surface area contributed by atoms with Gasteiger partial charge in [0.1, 0.15) is 0 Å². The summed E-state index contributed by atoms with van der Waals surface area (Å²) in [4.78, 5) is 10.8. The van der Waals surface area contributed by atoms with E-state index in [1.807, 2.05) is 13.0 Å². The Kier molecular flexibility index (Phi) is 4.20. The maximum absolute atomic E-state index is 10.8. The van der Waals surface area contributed by atoms with Crippen molar-refractivity contribution in [2.45, 2.75) is 32.3 Å². The molecular weight excluding hydrogens is 230 g/mol. The van der Waals surface area contributed by atoms with Gasteiger partial charge < -0.3 is 15.2 Å². The van der Waals surface area contributed by atoms with Crippen LogP contribution in [-0.2, 0) is 4.74 Å². The van der Waals surface area contributed by atoms with Gasteiger partial charge in [-0.05, 0) is 49.9 Å². The molecule has 1 heterocycles. The highest BCUT2D eigenvalue weighted by Crippen LogP contribution is 2.18. The van der Waals surface area contributed by atoms with Crippen LogP contribution in [0.25, 0.3) is 0 Å². The van der Waals surface area contributed by atoms with E-state index in [0.29, 0.717) is 11.7 Å². The van der Waals surface area contributed by atoms with Crippen molar-refractivity contribution < 1.29 is 14.6 Å². The van der Waals surface area contributed by atoms with Crippen LogP contribution < -0.4 is 5.32 Å². The van der Waals surface area contributed by atoms with Crippen molar-refractivity contribution in [1.29, 1.82) is 0 Å². The van der Waals surface area contributed by atoms with Gasteiger partial charge in [-0.2, -0.15) is 0 Å². The van der Waals surface area contributed by atoms with Gasteiger partial charge in [-0.3, -0.25) is 0 Å². The van der Waals surface area contributed by atoms with Crippen LogP contribution in [0.15, 0.2) is 18.2 Å². The predicted molar refractivity (Wildman–Crippen MR) is 70.2 cm³/mol.